The largest absolute Gasteiger partial charge is 0.454 e. The van der Waals surface area contributed by atoms with Crippen molar-refractivity contribution in [2.24, 2.45) is 7.05 Å². The molecule has 3 heteroatoms. The Hall–Kier alpha value is -5.02. The zero-order chi connectivity index (χ0) is 28.1. The summed E-state index contributed by atoms with van der Waals surface area (Å²) in [6, 6.07) is 39.6. The van der Waals surface area contributed by atoms with E-state index in [2.05, 4.69) is 24.3 Å². The second kappa shape index (κ2) is 9.62. The van der Waals surface area contributed by atoms with Crippen molar-refractivity contribution in [3.63, 3.8) is 0 Å². The molecule has 2 nitrogen and oxygen atoms in total. The highest BCUT2D eigenvalue weighted by atomic mass is 19.1. The van der Waals surface area contributed by atoms with Crippen molar-refractivity contribution < 1.29 is 14.7 Å². The van der Waals surface area contributed by atoms with Crippen LogP contribution in [-0.2, 0) is 7.05 Å². The Balaban J connectivity index is 1.44. The van der Waals surface area contributed by atoms with Gasteiger partial charge in [0, 0.05) is 22.9 Å². The number of pyridine rings is 1. The van der Waals surface area contributed by atoms with Crippen LogP contribution in [-0.4, -0.2) is 0 Å². The number of hydrogen-bond acceptors (Lipinski definition) is 1. The van der Waals surface area contributed by atoms with Crippen LogP contribution in [0.25, 0.3) is 66.6 Å². The summed E-state index contributed by atoms with van der Waals surface area (Å²) in [5.74, 6) is -0.327. The first kappa shape index (κ1) is 22.9. The van der Waals surface area contributed by atoms with Gasteiger partial charge in [-0.05, 0) is 52.4 Å². The maximum absolute atomic E-state index is 15.5. The molecule has 192 valence electrons. The highest BCUT2D eigenvalue weighted by Gasteiger charge is 2.23. The van der Waals surface area contributed by atoms with Crippen LogP contribution in [0, 0.1) is 12.7 Å². The van der Waals surface area contributed by atoms with Gasteiger partial charge in [-0.15, -0.1) is 0 Å². The van der Waals surface area contributed by atoms with Crippen LogP contribution in [0.5, 0.6) is 0 Å². The summed E-state index contributed by atoms with van der Waals surface area (Å²) in [6.07, 6.45) is 0.388. The van der Waals surface area contributed by atoms with Crippen LogP contribution < -0.4 is 4.57 Å². The van der Waals surface area contributed by atoms with Gasteiger partial charge in [0.05, 0.1) is 11.1 Å². The zero-order valence-corrected chi connectivity index (χ0v) is 22.3. The fourth-order valence-corrected chi connectivity index (χ4v) is 5.58. The molecule has 0 unspecified atom stereocenters. The average Bonchev–Trinajstić information content (AvgIpc) is 3.38. The van der Waals surface area contributed by atoms with Crippen LogP contribution in [0.2, 0.25) is 0 Å². The van der Waals surface area contributed by atoms with Gasteiger partial charge in [-0.2, -0.15) is 0 Å². The summed E-state index contributed by atoms with van der Waals surface area (Å²) in [7, 11) is 1.90. The van der Waals surface area contributed by atoms with Gasteiger partial charge in [-0.25, -0.2) is 8.96 Å². The van der Waals surface area contributed by atoms with E-state index in [-0.39, 0.29) is 5.82 Å². The minimum absolute atomic E-state index is 0.327. The first-order valence-electron chi connectivity index (χ1n) is 13.9. The van der Waals surface area contributed by atoms with E-state index in [1.54, 1.807) is 6.07 Å². The van der Waals surface area contributed by atoms with Crippen molar-refractivity contribution in [2.45, 2.75) is 6.92 Å². The standard InChI is InChI=1S/C37H27FNO/c1-24-13-18-30-31-19-20-32(38)35(28-16-14-27(15-17-28)25-9-5-3-6-10-25)37(31)40-36(30)34(24)33-23-29(21-22-39(33)2)26-11-7-4-8-12-26/h3-23H,1-2H3/q+1/i22D. The summed E-state index contributed by atoms with van der Waals surface area (Å²) in [6.45, 7) is 2.05. The maximum atomic E-state index is 15.5. The van der Waals surface area contributed by atoms with Crippen LogP contribution >= 0.6 is 0 Å². The second-order valence-corrected chi connectivity index (χ2v) is 10.2. The number of aromatic nitrogens is 1. The summed E-state index contributed by atoms with van der Waals surface area (Å²) >= 11 is 0. The first-order valence-corrected chi connectivity index (χ1v) is 13.4. The minimum atomic E-state index is -0.327. The number of furan rings is 1. The Kier molecular flexibility index (Phi) is 5.51. The molecule has 0 aliphatic rings. The third kappa shape index (κ3) is 3.99. The molecular weight excluding hydrogens is 493 g/mol. The fourth-order valence-electron chi connectivity index (χ4n) is 5.58. The Morgan fingerprint density at radius 1 is 0.600 bits per heavy atom. The van der Waals surface area contributed by atoms with E-state index in [0.29, 0.717) is 22.9 Å². The number of fused-ring (bicyclic) bond motifs is 3. The number of nitrogens with zero attached hydrogens (tertiary/aromatic N) is 1. The lowest BCUT2D eigenvalue weighted by Gasteiger charge is -2.08. The molecule has 0 amide bonds. The van der Waals surface area contributed by atoms with Gasteiger partial charge in [0.25, 0.3) is 0 Å². The van der Waals surface area contributed by atoms with E-state index in [1.165, 1.54) is 6.07 Å². The molecule has 7 aromatic rings. The predicted molar refractivity (Wildman–Crippen MR) is 161 cm³/mol. The summed E-state index contributed by atoms with van der Waals surface area (Å²) < 4.78 is 32.7. The summed E-state index contributed by atoms with van der Waals surface area (Å²) in [4.78, 5) is 0. The van der Waals surface area contributed by atoms with Crippen molar-refractivity contribution in [3.05, 3.63) is 139 Å². The van der Waals surface area contributed by atoms with Crippen molar-refractivity contribution >= 4 is 21.9 Å². The normalized spacial score (nSPS) is 11.7. The van der Waals surface area contributed by atoms with E-state index in [1.807, 2.05) is 103 Å². The van der Waals surface area contributed by atoms with E-state index in [0.717, 1.165) is 55.4 Å². The van der Waals surface area contributed by atoms with Crippen LogP contribution in [0.3, 0.4) is 0 Å². The van der Waals surface area contributed by atoms with E-state index < -0.39 is 0 Å². The lowest BCUT2D eigenvalue weighted by molar-refractivity contribution is -0.660. The fraction of sp³-hybridized carbons (Fsp3) is 0.0541. The molecule has 0 radical (unpaired) electrons. The smallest absolute Gasteiger partial charge is 0.216 e. The summed E-state index contributed by atoms with van der Waals surface area (Å²) in [5.41, 5.74) is 9.39. The molecular formula is C37H27FNO+. The van der Waals surface area contributed by atoms with Gasteiger partial charge >= 0.3 is 0 Å². The molecule has 0 saturated heterocycles. The van der Waals surface area contributed by atoms with Gasteiger partial charge in [0.15, 0.2) is 6.17 Å². The average molecular weight is 522 g/mol. The third-order valence-electron chi connectivity index (χ3n) is 7.68. The molecule has 2 aromatic heterocycles. The van der Waals surface area contributed by atoms with Gasteiger partial charge in [0.2, 0.25) is 5.69 Å². The Labute approximate surface area is 234 Å². The highest BCUT2D eigenvalue weighted by Crippen LogP contribution is 2.42. The minimum Gasteiger partial charge on any atom is -0.454 e. The zero-order valence-electron chi connectivity index (χ0n) is 23.3. The number of benzene rings is 5. The number of halogens is 1. The van der Waals surface area contributed by atoms with Gasteiger partial charge in [0.1, 0.15) is 25.4 Å². The molecule has 0 aliphatic carbocycles. The highest BCUT2D eigenvalue weighted by molar-refractivity contribution is 6.13. The van der Waals surface area contributed by atoms with Gasteiger partial charge in [-0.1, -0.05) is 97.1 Å². The SMILES string of the molecule is [2H]c1cc(-c2ccccc2)cc(-c2c(C)ccc3c2oc2c(-c4ccc(-c5ccccc5)cc4)c(F)ccc23)[n+]1C. The number of hydrogen-bond donors (Lipinski definition) is 0. The van der Waals surface area contributed by atoms with Gasteiger partial charge in [-0.3, -0.25) is 0 Å². The Morgan fingerprint density at radius 2 is 1.15 bits per heavy atom. The molecule has 0 bridgehead atoms. The summed E-state index contributed by atoms with van der Waals surface area (Å²) in [5, 5.41) is 1.78. The second-order valence-electron chi connectivity index (χ2n) is 10.2. The molecule has 7 rings (SSSR count). The number of aryl methyl sites for hydroxylation is 1. The molecule has 0 saturated carbocycles. The van der Waals surface area contributed by atoms with Gasteiger partial charge < -0.3 is 4.42 Å². The van der Waals surface area contributed by atoms with Crippen molar-refractivity contribution in [1.29, 1.82) is 0 Å². The van der Waals surface area contributed by atoms with Crippen molar-refractivity contribution in [2.75, 3.05) is 0 Å². The molecule has 0 atom stereocenters. The lowest BCUT2D eigenvalue weighted by atomic mass is 9.96. The Morgan fingerprint density at radius 3 is 1.82 bits per heavy atom. The first-order chi connectivity index (χ1) is 20.0. The van der Waals surface area contributed by atoms with Crippen LogP contribution in [0.4, 0.5) is 4.39 Å². The molecule has 0 N–H and O–H groups in total. The molecule has 2 heterocycles. The van der Waals surface area contributed by atoms with E-state index in [9.17, 15) is 0 Å². The van der Waals surface area contributed by atoms with Crippen LogP contribution in [0.15, 0.2) is 132 Å². The number of rotatable bonds is 4. The molecule has 0 spiro atoms. The monoisotopic (exact) mass is 521 g/mol. The third-order valence-corrected chi connectivity index (χ3v) is 7.68. The van der Waals surface area contributed by atoms with Crippen molar-refractivity contribution in [1.82, 2.24) is 0 Å². The quantitative estimate of drug-likeness (QED) is 0.211. The molecule has 0 fully saturated rings. The van der Waals surface area contributed by atoms with E-state index in [4.69, 9.17) is 5.79 Å². The lowest BCUT2D eigenvalue weighted by Crippen LogP contribution is -2.30. The topological polar surface area (TPSA) is 17.0 Å². The molecule has 40 heavy (non-hydrogen) atoms. The van der Waals surface area contributed by atoms with Crippen molar-refractivity contribution in [3.8, 4) is 44.6 Å². The molecule has 0 aliphatic heterocycles. The van der Waals surface area contributed by atoms with E-state index >= 15 is 4.39 Å². The maximum Gasteiger partial charge on any atom is 0.216 e. The van der Waals surface area contributed by atoms with Crippen LogP contribution in [0.1, 0.15) is 6.93 Å². The Bertz CT molecular complexity index is 2060. The predicted octanol–water partition coefficient (Wildman–Crippen LogP) is 9.53. The molecule has 5 aromatic carbocycles.